The van der Waals surface area contributed by atoms with Gasteiger partial charge in [0.2, 0.25) is 5.91 Å². The van der Waals surface area contributed by atoms with Crippen LogP contribution in [0.2, 0.25) is 0 Å². The smallest absolute Gasteiger partial charge is 0.223 e. The molecular weight excluding hydrogens is 280 g/mol. The van der Waals surface area contributed by atoms with Crippen molar-refractivity contribution >= 4 is 5.91 Å². The minimum atomic E-state index is -0.237. The van der Waals surface area contributed by atoms with E-state index in [-0.39, 0.29) is 24.5 Å². The Morgan fingerprint density at radius 1 is 1.23 bits per heavy atom. The van der Waals surface area contributed by atoms with Crippen LogP contribution in [-0.2, 0) is 9.53 Å². The normalized spacial score (nSPS) is 13.7. The van der Waals surface area contributed by atoms with Gasteiger partial charge in [0.05, 0.1) is 25.2 Å². The van der Waals surface area contributed by atoms with Gasteiger partial charge in [-0.15, -0.1) is 0 Å². The van der Waals surface area contributed by atoms with Crippen LogP contribution >= 0.6 is 0 Å². The van der Waals surface area contributed by atoms with Gasteiger partial charge in [-0.3, -0.25) is 4.79 Å². The first-order chi connectivity index (χ1) is 10.5. The number of carbonyl (C=O) groups excluding carboxylic acids is 1. The lowest BCUT2D eigenvalue weighted by Crippen LogP contribution is -2.33. The molecule has 0 fully saturated rings. The van der Waals surface area contributed by atoms with Crippen LogP contribution in [0.5, 0.6) is 5.75 Å². The molecule has 0 aliphatic heterocycles. The molecule has 1 rings (SSSR count). The zero-order valence-electron chi connectivity index (χ0n) is 14.0. The van der Waals surface area contributed by atoms with E-state index in [2.05, 4.69) is 19.2 Å². The van der Waals surface area contributed by atoms with Crippen molar-refractivity contribution in [2.24, 2.45) is 11.7 Å². The Kier molecular flexibility index (Phi) is 7.91. The van der Waals surface area contributed by atoms with Crippen LogP contribution in [0, 0.1) is 5.92 Å². The quantitative estimate of drug-likeness (QED) is 0.734. The number of nitrogens with one attached hydrogen (secondary N) is 1. The van der Waals surface area contributed by atoms with Gasteiger partial charge in [-0.05, 0) is 30.5 Å². The van der Waals surface area contributed by atoms with Crippen LogP contribution in [0.25, 0.3) is 0 Å². The lowest BCUT2D eigenvalue weighted by molar-refractivity contribution is -0.124. The van der Waals surface area contributed by atoms with Gasteiger partial charge >= 0.3 is 0 Å². The van der Waals surface area contributed by atoms with Crippen LogP contribution in [0.1, 0.15) is 38.8 Å². The Balaban J connectivity index is 2.51. The van der Waals surface area contributed by atoms with Gasteiger partial charge in [0.15, 0.2) is 0 Å². The lowest BCUT2D eigenvalue weighted by atomic mass is 10.1. The predicted octanol–water partition coefficient (Wildman–Crippen LogP) is 2.26. The largest absolute Gasteiger partial charge is 0.493 e. The van der Waals surface area contributed by atoms with E-state index in [1.807, 2.05) is 31.2 Å². The molecule has 0 aliphatic carbocycles. The van der Waals surface area contributed by atoms with E-state index in [1.165, 1.54) is 0 Å². The number of hydrogen-bond acceptors (Lipinski definition) is 4. The van der Waals surface area contributed by atoms with E-state index >= 15 is 0 Å². The van der Waals surface area contributed by atoms with Crippen LogP contribution in [-0.4, -0.2) is 32.3 Å². The molecule has 0 aliphatic rings. The fourth-order valence-corrected chi connectivity index (χ4v) is 1.97. The maximum absolute atomic E-state index is 11.9. The van der Waals surface area contributed by atoms with Gasteiger partial charge in [0.1, 0.15) is 5.75 Å². The minimum Gasteiger partial charge on any atom is -0.493 e. The molecule has 0 radical (unpaired) electrons. The number of amides is 1. The Hall–Kier alpha value is -1.59. The summed E-state index contributed by atoms with van der Waals surface area (Å²) in [5, 5.41) is 2.95. The van der Waals surface area contributed by atoms with E-state index in [0.29, 0.717) is 19.1 Å². The van der Waals surface area contributed by atoms with Crippen molar-refractivity contribution in [3.63, 3.8) is 0 Å². The van der Waals surface area contributed by atoms with Gasteiger partial charge in [-0.1, -0.05) is 26.0 Å². The third-order valence-electron chi connectivity index (χ3n) is 3.35. The van der Waals surface area contributed by atoms with E-state index in [9.17, 15) is 4.79 Å². The summed E-state index contributed by atoms with van der Waals surface area (Å²) in [6.45, 7) is 7.21. The summed E-state index contributed by atoms with van der Waals surface area (Å²) in [5.41, 5.74) is 6.56. The second-order valence-corrected chi connectivity index (χ2v) is 5.86. The molecule has 22 heavy (non-hydrogen) atoms. The highest BCUT2D eigenvalue weighted by Gasteiger charge is 2.14. The molecule has 1 aromatic carbocycles. The number of methoxy groups -OCH3 is 1. The molecule has 0 saturated heterocycles. The average Bonchev–Trinajstić information content (AvgIpc) is 2.50. The molecule has 1 amide bonds. The fourth-order valence-electron chi connectivity index (χ4n) is 1.97. The summed E-state index contributed by atoms with van der Waals surface area (Å²) in [6.07, 6.45) is 0.0337. The maximum atomic E-state index is 11.9. The average molecular weight is 308 g/mol. The Morgan fingerprint density at radius 2 is 1.86 bits per heavy atom. The highest BCUT2D eigenvalue weighted by atomic mass is 16.5. The number of ether oxygens (including phenoxy) is 2. The zero-order chi connectivity index (χ0) is 16.5. The topological polar surface area (TPSA) is 73.6 Å². The number of benzene rings is 1. The second-order valence-electron chi connectivity index (χ2n) is 5.86. The third-order valence-corrected chi connectivity index (χ3v) is 3.35. The first-order valence-corrected chi connectivity index (χ1v) is 7.71. The molecule has 5 heteroatoms. The molecule has 3 N–H and O–H groups in total. The molecule has 5 nitrogen and oxygen atoms in total. The van der Waals surface area contributed by atoms with Crippen molar-refractivity contribution in [3.8, 4) is 5.75 Å². The lowest BCUT2D eigenvalue weighted by Gasteiger charge is -2.17. The summed E-state index contributed by atoms with van der Waals surface area (Å²) in [4.78, 5) is 11.9. The van der Waals surface area contributed by atoms with Crippen LogP contribution in [0.3, 0.4) is 0 Å². The van der Waals surface area contributed by atoms with Crippen molar-refractivity contribution in [3.05, 3.63) is 29.8 Å². The Bertz CT molecular complexity index is 442. The number of hydrogen-bond donors (Lipinski definition) is 2. The van der Waals surface area contributed by atoms with Crippen molar-refractivity contribution in [1.82, 2.24) is 5.32 Å². The minimum absolute atomic E-state index is 0.0649. The van der Waals surface area contributed by atoms with E-state index in [4.69, 9.17) is 15.2 Å². The SMILES string of the molecule is COC(CN)CC(=O)NC(C)c1ccc(OCC(C)C)cc1. The van der Waals surface area contributed by atoms with Gasteiger partial charge in [-0.25, -0.2) is 0 Å². The number of rotatable bonds is 9. The first kappa shape index (κ1) is 18.5. The molecule has 1 aromatic rings. The molecule has 0 aromatic heterocycles. The molecule has 124 valence electrons. The molecule has 0 spiro atoms. The predicted molar refractivity (Wildman–Crippen MR) is 87.8 cm³/mol. The summed E-state index contributed by atoms with van der Waals surface area (Å²) in [6, 6.07) is 7.73. The summed E-state index contributed by atoms with van der Waals surface area (Å²) in [5.74, 6) is 1.28. The Morgan fingerprint density at radius 3 is 2.36 bits per heavy atom. The molecule has 0 heterocycles. The summed E-state index contributed by atoms with van der Waals surface area (Å²) < 4.78 is 10.8. The van der Waals surface area contributed by atoms with Crippen molar-refractivity contribution in [1.29, 1.82) is 0 Å². The third kappa shape index (κ3) is 6.45. The molecule has 2 atom stereocenters. The van der Waals surface area contributed by atoms with Gasteiger partial charge < -0.3 is 20.5 Å². The fraction of sp³-hybridized carbons (Fsp3) is 0.588. The van der Waals surface area contributed by atoms with Crippen molar-refractivity contribution in [2.75, 3.05) is 20.3 Å². The summed E-state index contributed by atoms with van der Waals surface area (Å²) >= 11 is 0. The van der Waals surface area contributed by atoms with E-state index in [1.54, 1.807) is 7.11 Å². The Labute approximate surface area is 133 Å². The second kappa shape index (κ2) is 9.43. The number of nitrogens with two attached hydrogens (primary N) is 1. The maximum Gasteiger partial charge on any atom is 0.223 e. The molecule has 0 bridgehead atoms. The van der Waals surface area contributed by atoms with Crippen LogP contribution in [0.15, 0.2) is 24.3 Å². The van der Waals surface area contributed by atoms with Gasteiger partial charge in [0.25, 0.3) is 0 Å². The molecule has 2 unspecified atom stereocenters. The van der Waals surface area contributed by atoms with Crippen molar-refractivity contribution < 1.29 is 14.3 Å². The van der Waals surface area contributed by atoms with E-state index < -0.39 is 0 Å². The summed E-state index contributed by atoms with van der Waals surface area (Å²) in [7, 11) is 1.56. The van der Waals surface area contributed by atoms with Crippen LogP contribution < -0.4 is 15.8 Å². The van der Waals surface area contributed by atoms with Crippen molar-refractivity contribution in [2.45, 2.75) is 39.3 Å². The number of carbonyl (C=O) groups is 1. The highest BCUT2D eigenvalue weighted by molar-refractivity contribution is 5.77. The monoisotopic (exact) mass is 308 g/mol. The zero-order valence-corrected chi connectivity index (χ0v) is 14.0. The highest BCUT2D eigenvalue weighted by Crippen LogP contribution is 2.18. The van der Waals surface area contributed by atoms with Gasteiger partial charge in [-0.2, -0.15) is 0 Å². The molecular formula is C17H28N2O3. The molecule has 0 saturated carbocycles. The van der Waals surface area contributed by atoms with Crippen LogP contribution in [0.4, 0.5) is 0 Å². The first-order valence-electron chi connectivity index (χ1n) is 7.71. The van der Waals surface area contributed by atoms with E-state index in [0.717, 1.165) is 11.3 Å². The standard InChI is InChI=1S/C17H28N2O3/c1-12(2)11-22-15-7-5-14(6-8-15)13(3)19-17(20)9-16(10-18)21-4/h5-8,12-13,16H,9-11,18H2,1-4H3,(H,19,20). The van der Waals surface area contributed by atoms with Gasteiger partial charge in [0, 0.05) is 13.7 Å².